The maximum absolute atomic E-state index is 5.84. The van der Waals surface area contributed by atoms with E-state index in [9.17, 15) is 0 Å². The third-order valence-electron chi connectivity index (χ3n) is 3.83. The van der Waals surface area contributed by atoms with Crippen molar-refractivity contribution >= 4 is 12.4 Å². The smallest absolute Gasteiger partial charge is 0.0469 e. The van der Waals surface area contributed by atoms with E-state index in [0.717, 1.165) is 25.7 Å². The molecule has 1 rings (SSSR count). The van der Waals surface area contributed by atoms with Gasteiger partial charge in [-0.05, 0) is 38.1 Å². The third-order valence-corrected chi connectivity index (χ3v) is 3.83. The lowest BCUT2D eigenvalue weighted by molar-refractivity contribution is 0.0625. The van der Waals surface area contributed by atoms with Crippen molar-refractivity contribution in [3.8, 4) is 0 Å². The Bertz CT molecular complexity index is 184. The topological polar surface area (TPSA) is 47.3 Å². The van der Waals surface area contributed by atoms with Crippen LogP contribution < -0.4 is 11.1 Å². The largest absolute Gasteiger partial charge is 0.381 e. The van der Waals surface area contributed by atoms with Crippen molar-refractivity contribution in [1.29, 1.82) is 0 Å². The van der Waals surface area contributed by atoms with E-state index in [1.54, 1.807) is 0 Å². The molecule has 4 heteroatoms. The fourth-order valence-corrected chi connectivity index (χ4v) is 1.84. The lowest BCUT2D eigenvalue weighted by atomic mass is 9.87. The summed E-state index contributed by atoms with van der Waals surface area (Å²) in [5.74, 6) is 1.34. The van der Waals surface area contributed by atoms with Gasteiger partial charge in [0.05, 0.1) is 0 Å². The zero-order valence-electron chi connectivity index (χ0n) is 10.8. The Morgan fingerprint density at radius 2 is 1.94 bits per heavy atom. The van der Waals surface area contributed by atoms with Crippen LogP contribution in [-0.4, -0.2) is 31.8 Å². The first-order chi connectivity index (χ1) is 7.08. The van der Waals surface area contributed by atoms with E-state index in [0.29, 0.717) is 12.5 Å². The summed E-state index contributed by atoms with van der Waals surface area (Å²) < 4.78 is 5.35. The minimum Gasteiger partial charge on any atom is -0.381 e. The standard InChI is InChI=1S/C12H26N2O.ClH/c1-10(2)12(3,9-13)14-8-11-4-6-15-7-5-11;/h10-11,14H,4-9,13H2,1-3H3;1H. The Kier molecular flexibility index (Phi) is 7.57. The Labute approximate surface area is 106 Å². The van der Waals surface area contributed by atoms with E-state index in [4.69, 9.17) is 10.5 Å². The van der Waals surface area contributed by atoms with E-state index >= 15 is 0 Å². The fraction of sp³-hybridized carbons (Fsp3) is 1.00. The first-order valence-corrected chi connectivity index (χ1v) is 6.11. The van der Waals surface area contributed by atoms with Gasteiger partial charge in [0.2, 0.25) is 0 Å². The second kappa shape index (κ2) is 7.49. The molecule has 0 radical (unpaired) electrons. The quantitative estimate of drug-likeness (QED) is 0.782. The molecule has 0 amide bonds. The van der Waals surface area contributed by atoms with E-state index in [1.807, 2.05) is 0 Å². The van der Waals surface area contributed by atoms with Crippen LogP contribution in [0.15, 0.2) is 0 Å². The SMILES string of the molecule is CC(C)C(C)(CN)NCC1CCOCC1.Cl. The molecule has 3 N–H and O–H groups in total. The van der Waals surface area contributed by atoms with Crippen molar-refractivity contribution in [2.24, 2.45) is 17.6 Å². The van der Waals surface area contributed by atoms with Crippen molar-refractivity contribution in [3.05, 3.63) is 0 Å². The van der Waals surface area contributed by atoms with Crippen LogP contribution in [0.4, 0.5) is 0 Å². The van der Waals surface area contributed by atoms with Crippen LogP contribution in [0.2, 0.25) is 0 Å². The van der Waals surface area contributed by atoms with Crippen LogP contribution in [0.1, 0.15) is 33.6 Å². The normalized spacial score (nSPS) is 21.6. The number of ether oxygens (including phenoxy) is 1. The zero-order valence-corrected chi connectivity index (χ0v) is 11.6. The van der Waals surface area contributed by atoms with Gasteiger partial charge in [-0.25, -0.2) is 0 Å². The highest BCUT2D eigenvalue weighted by Gasteiger charge is 2.27. The number of nitrogens with one attached hydrogen (secondary N) is 1. The van der Waals surface area contributed by atoms with Gasteiger partial charge in [-0.2, -0.15) is 0 Å². The average molecular weight is 251 g/mol. The van der Waals surface area contributed by atoms with Crippen LogP contribution in [0.5, 0.6) is 0 Å². The predicted molar refractivity (Wildman–Crippen MR) is 71.1 cm³/mol. The molecule has 0 saturated carbocycles. The molecule has 0 aromatic rings. The maximum Gasteiger partial charge on any atom is 0.0469 e. The number of nitrogens with two attached hydrogens (primary N) is 1. The summed E-state index contributed by atoms with van der Waals surface area (Å²) in [6, 6.07) is 0. The number of halogens is 1. The molecule has 0 aromatic heterocycles. The zero-order chi connectivity index (χ0) is 11.3. The van der Waals surface area contributed by atoms with Gasteiger partial charge in [0.15, 0.2) is 0 Å². The highest BCUT2D eigenvalue weighted by atomic mass is 35.5. The summed E-state index contributed by atoms with van der Waals surface area (Å²) in [6.07, 6.45) is 2.37. The lowest BCUT2D eigenvalue weighted by Gasteiger charge is -2.36. The van der Waals surface area contributed by atoms with E-state index in [2.05, 4.69) is 26.1 Å². The third kappa shape index (κ3) is 4.58. The van der Waals surface area contributed by atoms with Gasteiger partial charge in [0, 0.05) is 25.3 Å². The molecule has 0 bridgehead atoms. The van der Waals surface area contributed by atoms with Gasteiger partial charge in [0.25, 0.3) is 0 Å². The number of hydrogen-bond donors (Lipinski definition) is 2. The summed E-state index contributed by atoms with van der Waals surface area (Å²) in [4.78, 5) is 0. The highest BCUT2D eigenvalue weighted by molar-refractivity contribution is 5.85. The molecule has 16 heavy (non-hydrogen) atoms. The summed E-state index contributed by atoms with van der Waals surface area (Å²) in [7, 11) is 0. The molecule has 0 aliphatic carbocycles. The van der Waals surface area contributed by atoms with Gasteiger partial charge >= 0.3 is 0 Å². The lowest BCUT2D eigenvalue weighted by Crippen LogP contribution is -2.54. The van der Waals surface area contributed by atoms with Crippen molar-refractivity contribution in [1.82, 2.24) is 5.32 Å². The second-order valence-electron chi connectivity index (χ2n) is 5.21. The maximum atomic E-state index is 5.84. The van der Waals surface area contributed by atoms with Gasteiger partial charge in [0.1, 0.15) is 0 Å². The molecule has 1 atom stereocenters. The molecule has 1 aliphatic heterocycles. The monoisotopic (exact) mass is 250 g/mol. The molecular formula is C12H27ClN2O. The van der Waals surface area contributed by atoms with Gasteiger partial charge in [-0.15, -0.1) is 12.4 Å². The molecule has 98 valence electrons. The molecule has 0 spiro atoms. The van der Waals surface area contributed by atoms with Crippen molar-refractivity contribution in [3.63, 3.8) is 0 Å². The number of hydrogen-bond acceptors (Lipinski definition) is 3. The van der Waals surface area contributed by atoms with Crippen LogP contribution in [0.3, 0.4) is 0 Å². The minimum absolute atomic E-state index is 0. The summed E-state index contributed by atoms with van der Waals surface area (Å²) >= 11 is 0. The predicted octanol–water partition coefficient (Wildman–Crippen LogP) is 1.80. The Morgan fingerprint density at radius 1 is 1.38 bits per heavy atom. The van der Waals surface area contributed by atoms with Crippen molar-refractivity contribution in [2.75, 3.05) is 26.3 Å². The molecule has 1 fully saturated rings. The fourth-order valence-electron chi connectivity index (χ4n) is 1.84. The van der Waals surface area contributed by atoms with Gasteiger partial charge in [-0.1, -0.05) is 13.8 Å². The molecule has 3 nitrogen and oxygen atoms in total. The van der Waals surface area contributed by atoms with E-state index in [1.165, 1.54) is 12.8 Å². The minimum atomic E-state index is 0. The Hall–Kier alpha value is 0.170. The van der Waals surface area contributed by atoms with E-state index < -0.39 is 0 Å². The summed E-state index contributed by atoms with van der Waals surface area (Å²) in [5, 5.41) is 3.63. The van der Waals surface area contributed by atoms with Crippen LogP contribution in [0, 0.1) is 11.8 Å². The molecule has 1 heterocycles. The van der Waals surface area contributed by atoms with Crippen LogP contribution >= 0.6 is 12.4 Å². The van der Waals surface area contributed by atoms with E-state index in [-0.39, 0.29) is 17.9 Å². The van der Waals surface area contributed by atoms with Crippen LogP contribution in [-0.2, 0) is 4.74 Å². The molecular weight excluding hydrogens is 224 g/mol. The van der Waals surface area contributed by atoms with Crippen LogP contribution in [0.25, 0.3) is 0 Å². The molecule has 1 saturated heterocycles. The second-order valence-corrected chi connectivity index (χ2v) is 5.21. The molecule has 0 aromatic carbocycles. The van der Waals surface area contributed by atoms with Crippen molar-refractivity contribution < 1.29 is 4.74 Å². The summed E-state index contributed by atoms with van der Waals surface area (Å²) in [5.41, 5.74) is 5.92. The average Bonchev–Trinajstić information content (AvgIpc) is 2.27. The van der Waals surface area contributed by atoms with Crippen molar-refractivity contribution in [2.45, 2.75) is 39.2 Å². The number of rotatable bonds is 5. The van der Waals surface area contributed by atoms with Gasteiger partial charge in [-0.3, -0.25) is 0 Å². The Balaban J connectivity index is 0.00000225. The Morgan fingerprint density at radius 3 is 2.38 bits per heavy atom. The molecule has 1 unspecified atom stereocenters. The highest BCUT2D eigenvalue weighted by Crippen LogP contribution is 2.18. The molecule has 1 aliphatic rings. The van der Waals surface area contributed by atoms with Gasteiger partial charge < -0.3 is 15.8 Å². The first kappa shape index (κ1) is 16.2. The first-order valence-electron chi connectivity index (χ1n) is 6.11. The summed E-state index contributed by atoms with van der Waals surface area (Å²) in [6.45, 7) is 10.3.